The summed E-state index contributed by atoms with van der Waals surface area (Å²) in [7, 11) is 0. The number of phenolic OH excluding ortho intramolecular Hbond substituents is 1. The first-order valence-corrected chi connectivity index (χ1v) is 4.72. The first-order valence-electron chi connectivity index (χ1n) is 4.72. The Kier molecular flexibility index (Phi) is 2.03. The minimum Gasteiger partial charge on any atom is -0.507 e. The molecule has 3 nitrogen and oxygen atoms in total. The molecule has 0 fully saturated rings. The lowest BCUT2D eigenvalue weighted by Gasteiger charge is -2.28. The molecule has 3 heteroatoms. The lowest BCUT2D eigenvalue weighted by molar-refractivity contribution is 0.112. The smallest absolute Gasteiger partial charge is 0.153 e. The number of ether oxygens (including phenoxy) is 1. The zero-order valence-corrected chi connectivity index (χ0v) is 8.65. The van der Waals surface area contributed by atoms with Crippen LogP contribution in [0.1, 0.15) is 29.8 Å². The zero-order valence-electron chi connectivity index (χ0n) is 8.65. The fourth-order valence-corrected chi connectivity index (χ4v) is 1.52. The summed E-state index contributed by atoms with van der Waals surface area (Å²) >= 11 is 0. The van der Waals surface area contributed by atoms with Crippen LogP contribution in [0.25, 0.3) is 6.08 Å². The minimum atomic E-state index is -0.373. The van der Waals surface area contributed by atoms with E-state index in [9.17, 15) is 9.90 Å². The molecule has 1 aromatic carbocycles. The molecule has 1 N–H and O–H groups in total. The first kappa shape index (κ1) is 9.77. The maximum absolute atomic E-state index is 10.6. The average molecular weight is 204 g/mol. The summed E-state index contributed by atoms with van der Waals surface area (Å²) in [4.78, 5) is 10.6. The summed E-state index contributed by atoms with van der Waals surface area (Å²) in [6, 6.07) is 3.09. The van der Waals surface area contributed by atoms with Crippen LogP contribution in [-0.2, 0) is 0 Å². The minimum absolute atomic E-state index is 0.0464. The molecule has 2 rings (SSSR count). The molecule has 0 bridgehead atoms. The van der Waals surface area contributed by atoms with Crippen LogP contribution in [0, 0.1) is 0 Å². The second-order valence-electron chi connectivity index (χ2n) is 4.11. The zero-order chi connectivity index (χ0) is 11.1. The van der Waals surface area contributed by atoms with Crippen LogP contribution in [-0.4, -0.2) is 17.0 Å². The summed E-state index contributed by atoms with van der Waals surface area (Å²) in [5, 5.41) is 9.50. The van der Waals surface area contributed by atoms with Crippen molar-refractivity contribution in [3.05, 3.63) is 29.3 Å². The summed E-state index contributed by atoms with van der Waals surface area (Å²) in [6.45, 7) is 3.86. The molecular weight excluding hydrogens is 192 g/mol. The third-order valence-electron chi connectivity index (χ3n) is 2.32. The van der Waals surface area contributed by atoms with Crippen molar-refractivity contribution in [2.45, 2.75) is 19.4 Å². The van der Waals surface area contributed by atoms with Crippen LogP contribution in [0.2, 0.25) is 0 Å². The van der Waals surface area contributed by atoms with Gasteiger partial charge in [-0.3, -0.25) is 4.79 Å². The Morgan fingerprint density at radius 2 is 2.13 bits per heavy atom. The van der Waals surface area contributed by atoms with Gasteiger partial charge in [-0.15, -0.1) is 0 Å². The van der Waals surface area contributed by atoms with Gasteiger partial charge in [0.15, 0.2) is 6.29 Å². The number of aldehydes is 1. The van der Waals surface area contributed by atoms with E-state index in [4.69, 9.17) is 4.74 Å². The third kappa shape index (κ3) is 1.73. The molecule has 0 aliphatic carbocycles. The van der Waals surface area contributed by atoms with E-state index in [0.717, 1.165) is 5.56 Å². The molecule has 1 aliphatic heterocycles. The molecule has 0 saturated carbocycles. The van der Waals surface area contributed by atoms with E-state index in [1.807, 2.05) is 26.0 Å². The predicted octanol–water partition coefficient (Wildman–Crippen LogP) is 2.39. The molecule has 0 saturated heterocycles. The molecule has 1 aromatic rings. The van der Waals surface area contributed by atoms with Gasteiger partial charge >= 0.3 is 0 Å². The van der Waals surface area contributed by atoms with Crippen molar-refractivity contribution >= 4 is 12.4 Å². The number of hydrogen-bond acceptors (Lipinski definition) is 3. The topological polar surface area (TPSA) is 46.5 Å². The van der Waals surface area contributed by atoms with Crippen molar-refractivity contribution in [3.63, 3.8) is 0 Å². The number of benzene rings is 1. The Balaban J connectivity index is 2.53. The maximum Gasteiger partial charge on any atom is 0.153 e. The van der Waals surface area contributed by atoms with Gasteiger partial charge in [0.1, 0.15) is 17.1 Å². The molecule has 0 amide bonds. The Hall–Kier alpha value is -1.77. The Morgan fingerprint density at radius 3 is 2.80 bits per heavy atom. The molecule has 0 atom stereocenters. The van der Waals surface area contributed by atoms with E-state index < -0.39 is 0 Å². The molecular formula is C12H12O3. The lowest BCUT2D eigenvalue weighted by Crippen LogP contribution is -2.27. The van der Waals surface area contributed by atoms with Gasteiger partial charge in [0, 0.05) is 11.6 Å². The monoisotopic (exact) mass is 204 g/mol. The first-order chi connectivity index (χ1) is 7.02. The van der Waals surface area contributed by atoms with Crippen molar-refractivity contribution < 1.29 is 14.6 Å². The molecule has 0 unspecified atom stereocenters. The van der Waals surface area contributed by atoms with Crippen molar-refractivity contribution in [1.29, 1.82) is 0 Å². The second kappa shape index (κ2) is 3.12. The largest absolute Gasteiger partial charge is 0.507 e. The van der Waals surface area contributed by atoms with Crippen molar-refractivity contribution in [3.8, 4) is 11.5 Å². The van der Waals surface area contributed by atoms with Gasteiger partial charge in [0.25, 0.3) is 0 Å². The highest BCUT2D eigenvalue weighted by Crippen LogP contribution is 2.34. The van der Waals surface area contributed by atoms with E-state index in [-0.39, 0.29) is 16.9 Å². The number of aromatic hydroxyl groups is 1. The predicted molar refractivity (Wildman–Crippen MR) is 57.2 cm³/mol. The summed E-state index contributed by atoms with van der Waals surface area (Å²) in [5.41, 5.74) is 0.721. The number of rotatable bonds is 1. The van der Waals surface area contributed by atoms with E-state index in [2.05, 4.69) is 0 Å². The van der Waals surface area contributed by atoms with Crippen molar-refractivity contribution in [2.75, 3.05) is 0 Å². The molecule has 1 aliphatic rings. The van der Waals surface area contributed by atoms with Crippen LogP contribution >= 0.6 is 0 Å². The quantitative estimate of drug-likeness (QED) is 0.714. The van der Waals surface area contributed by atoms with Crippen LogP contribution in [0.3, 0.4) is 0 Å². The van der Waals surface area contributed by atoms with E-state index in [0.29, 0.717) is 12.0 Å². The Labute approximate surface area is 88.0 Å². The molecule has 1 heterocycles. The van der Waals surface area contributed by atoms with Gasteiger partial charge in [-0.25, -0.2) is 0 Å². The van der Waals surface area contributed by atoms with Crippen LogP contribution < -0.4 is 4.74 Å². The normalized spacial score (nSPS) is 16.7. The van der Waals surface area contributed by atoms with E-state index >= 15 is 0 Å². The standard InChI is InChI=1S/C12H12O3/c1-12(2)4-3-8-5-9(7-13)10(14)6-11(8)15-12/h3-7,14H,1-2H3. The molecule has 0 aromatic heterocycles. The summed E-state index contributed by atoms with van der Waals surface area (Å²) in [6.07, 6.45) is 4.44. The highest BCUT2D eigenvalue weighted by molar-refractivity contribution is 5.82. The van der Waals surface area contributed by atoms with Gasteiger partial charge in [-0.1, -0.05) is 6.08 Å². The Bertz CT molecular complexity index is 444. The van der Waals surface area contributed by atoms with Crippen molar-refractivity contribution in [1.82, 2.24) is 0 Å². The lowest BCUT2D eigenvalue weighted by atomic mass is 10.0. The maximum atomic E-state index is 10.6. The number of carbonyl (C=O) groups is 1. The van der Waals surface area contributed by atoms with Crippen LogP contribution in [0.5, 0.6) is 11.5 Å². The SMILES string of the molecule is CC1(C)C=Cc2cc(C=O)c(O)cc2O1. The number of hydrogen-bond donors (Lipinski definition) is 1. The third-order valence-corrected chi connectivity index (χ3v) is 2.32. The summed E-state index contributed by atoms with van der Waals surface area (Å²) < 4.78 is 5.64. The molecule has 0 spiro atoms. The molecule has 15 heavy (non-hydrogen) atoms. The van der Waals surface area contributed by atoms with Crippen LogP contribution in [0.15, 0.2) is 18.2 Å². The second-order valence-corrected chi connectivity index (χ2v) is 4.11. The average Bonchev–Trinajstić information content (AvgIpc) is 2.15. The molecule has 0 radical (unpaired) electrons. The fourth-order valence-electron chi connectivity index (χ4n) is 1.52. The van der Waals surface area contributed by atoms with Gasteiger partial charge in [-0.05, 0) is 26.0 Å². The van der Waals surface area contributed by atoms with Gasteiger partial charge in [0.2, 0.25) is 0 Å². The Morgan fingerprint density at radius 1 is 1.40 bits per heavy atom. The van der Waals surface area contributed by atoms with Gasteiger partial charge in [-0.2, -0.15) is 0 Å². The van der Waals surface area contributed by atoms with Crippen molar-refractivity contribution in [2.24, 2.45) is 0 Å². The summed E-state index contributed by atoms with van der Waals surface area (Å²) in [5.74, 6) is 0.556. The number of phenols is 1. The van der Waals surface area contributed by atoms with Gasteiger partial charge < -0.3 is 9.84 Å². The highest BCUT2D eigenvalue weighted by atomic mass is 16.5. The highest BCUT2D eigenvalue weighted by Gasteiger charge is 2.22. The number of carbonyl (C=O) groups excluding carboxylic acids is 1. The molecule has 78 valence electrons. The fraction of sp³-hybridized carbons (Fsp3) is 0.250. The van der Waals surface area contributed by atoms with E-state index in [1.54, 1.807) is 6.07 Å². The van der Waals surface area contributed by atoms with Crippen LogP contribution in [0.4, 0.5) is 0 Å². The van der Waals surface area contributed by atoms with Gasteiger partial charge in [0.05, 0.1) is 5.56 Å². The number of fused-ring (bicyclic) bond motifs is 1. The van der Waals surface area contributed by atoms with E-state index in [1.165, 1.54) is 6.07 Å².